The van der Waals surface area contributed by atoms with E-state index in [2.05, 4.69) is 5.32 Å². The van der Waals surface area contributed by atoms with Gasteiger partial charge in [-0.2, -0.15) is 0 Å². The second kappa shape index (κ2) is 15.0. The Balaban J connectivity index is 1.58. The van der Waals surface area contributed by atoms with Crippen molar-refractivity contribution in [2.45, 2.75) is 62.9 Å². The van der Waals surface area contributed by atoms with Crippen LogP contribution in [0, 0.1) is 0 Å². The average Bonchev–Trinajstić information content (AvgIpc) is 2.96. The van der Waals surface area contributed by atoms with E-state index in [1.807, 2.05) is 78.9 Å². The van der Waals surface area contributed by atoms with Crippen LogP contribution in [0.4, 0.5) is 0 Å². The third-order valence-corrected chi connectivity index (χ3v) is 8.32. The molecule has 39 heavy (non-hydrogen) atoms. The Morgan fingerprint density at radius 1 is 0.949 bits per heavy atom. The van der Waals surface area contributed by atoms with Crippen LogP contribution in [0.5, 0.6) is 5.75 Å². The molecule has 4 rings (SSSR count). The Bertz CT molecular complexity index is 1220. The lowest BCUT2D eigenvalue weighted by atomic mass is 9.94. The summed E-state index contributed by atoms with van der Waals surface area (Å²) in [5, 5.41) is 3.97. The number of hydrogen-bond acceptors (Lipinski definition) is 4. The molecule has 0 heterocycles. The highest BCUT2D eigenvalue weighted by Crippen LogP contribution is 2.23. The summed E-state index contributed by atoms with van der Waals surface area (Å²) in [4.78, 5) is 29.5. The van der Waals surface area contributed by atoms with Crippen LogP contribution in [0.1, 0.15) is 48.8 Å². The molecular formula is C32H37ClN2O3S. The number of nitrogens with one attached hydrogen (secondary N) is 1. The monoisotopic (exact) mass is 564 g/mol. The van der Waals surface area contributed by atoms with Crippen LogP contribution in [0.2, 0.25) is 5.02 Å². The van der Waals surface area contributed by atoms with Crippen LogP contribution < -0.4 is 10.1 Å². The first-order valence-electron chi connectivity index (χ1n) is 13.6. The van der Waals surface area contributed by atoms with Crippen LogP contribution in [0.3, 0.4) is 0 Å². The number of amides is 2. The van der Waals surface area contributed by atoms with Gasteiger partial charge >= 0.3 is 0 Å². The van der Waals surface area contributed by atoms with E-state index in [4.69, 9.17) is 16.3 Å². The number of benzene rings is 3. The molecule has 1 saturated carbocycles. The van der Waals surface area contributed by atoms with Crippen molar-refractivity contribution in [3.8, 4) is 5.75 Å². The van der Waals surface area contributed by atoms with Gasteiger partial charge in [0.15, 0.2) is 0 Å². The van der Waals surface area contributed by atoms with E-state index in [0.29, 0.717) is 23.7 Å². The molecule has 5 nitrogen and oxygen atoms in total. The molecule has 0 aromatic heterocycles. The Labute approximate surface area is 241 Å². The molecule has 2 amide bonds. The SMILES string of the molecule is COc1cccc(CN(C(=O)CSCc2cccc(Cl)c2)[C@H](Cc2ccccc2)C(=O)NC2CCCCC2)c1. The number of thioether (sulfide) groups is 1. The van der Waals surface area contributed by atoms with Crippen molar-refractivity contribution < 1.29 is 14.3 Å². The molecule has 1 atom stereocenters. The van der Waals surface area contributed by atoms with Crippen LogP contribution in [-0.2, 0) is 28.3 Å². The summed E-state index contributed by atoms with van der Waals surface area (Å²) in [6.45, 7) is 0.323. The zero-order chi connectivity index (χ0) is 27.5. The van der Waals surface area contributed by atoms with E-state index in [-0.39, 0.29) is 23.6 Å². The molecule has 1 aliphatic rings. The molecule has 0 aliphatic heterocycles. The third kappa shape index (κ3) is 9.04. The minimum Gasteiger partial charge on any atom is -0.497 e. The fourth-order valence-corrected chi connectivity index (χ4v) is 6.10. The topological polar surface area (TPSA) is 58.6 Å². The summed E-state index contributed by atoms with van der Waals surface area (Å²) in [5.74, 6) is 1.50. The van der Waals surface area contributed by atoms with Gasteiger partial charge in [-0.05, 0) is 53.8 Å². The average molecular weight is 565 g/mol. The van der Waals surface area contributed by atoms with E-state index in [9.17, 15) is 9.59 Å². The maximum absolute atomic E-state index is 13.9. The fraction of sp³-hybridized carbons (Fsp3) is 0.375. The lowest BCUT2D eigenvalue weighted by Crippen LogP contribution is -2.53. The van der Waals surface area contributed by atoms with Gasteiger partial charge in [0.05, 0.1) is 12.9 Å². The fourth-order valence-electron chi connectivity index (χ4n) is 5.03. The smallest absolute Gasteiger partial charge is 0.243 e. The number of carbonyl (C=O) groups excluding carboxylic acids is 2. The van der Waals surface area contributed by atoms with E-state index in [1.165, 1.54) is 18.2 Å². The van der Waals surface area contributed by atoms with E-state index < -0.39 is 6.04 Å². The summed E-state index contributed by atoms with van der Waals surface area (Å²) in [6.07, 6.45) is 5.90. The molecule has 206 valence electrons. The molecule has 7 heteroatoms. The van der Waals surface area contributed by atoms with Crippen LogP contribution >= 0.6 is 23.4 Å². The van der Waals surface area contributed by atoms with Crippen molar-refractivity contribution in [3.05, 3.63) is 101 Å². The molecular weight excluding hydrogens is 528 g/mol. The molecule has 3 aromatic rings. The molecule has 1 fully saturated rings. The molecule has 1 aliphatic carbocycles. The van der Waals surface area contributed by atoms with Gasteiger partial charge in [-0.3, -0.25) is 9.59 Å². The minimum absolute atomic E-state index is 0.0652. The van der Waals surface area contributed by atoms with Crippen molar-refractivity contribution in [2.24, 2.45) is 0 Å². The van der Waals surface area contributed by atoms with Crippen molar-refractivity contribution in [3.63, 3.8) is 0 Å². The number of hydrogen-bond donors (Lipinski definition) is 1. The van der Waals surface area contributed by atoms with Gasteiger partial charge in [0.1, 0.15) is 11.8 Å². The summed E-state index contributed by atoms with van der Waals surface area (Å²) in [6, 6.07) is 24.9. The zero-order valence-corrected chi connectivity index (χ0v) is 24.1. The van der Waals surface area contributed by atoms with Gasteiger partial charge in [-0.15, -0.1) is 11.8 Å². The molecule has 0 bridgehead atoms. The van der Waals surface area contributed by atoms with Gasteiger partial charge in [-0.25, -0.2) is 0 Å². The number of halogens is 1. The van der Waals surface area contributed by atoms with E-state index in [0.717, 1.165) is 48.1 Å². The molecule has 0 spiro atoms. The maximum atomic E-state index is 13.9. The van der Waals surface area contributed by atoms with Gasteiger partial charge in [0.2, 0.25) is 11.8 Å². The Hall–Kier alpha value is -2.96. The Morgan fingerprint density at radius 2 is 1.67 bits per heavy atom. The largest absolute Gasteiger partial charge is 0.497 e. The van der Waals surface area contributed by atoms with Crippen LogP contribution in [-0.4, -0.2) is 41.7 Å². The zero-order valence-electron chi connectivity index (χ0n) is 22.5. The maximum Gasteiger partial charge on any atom is 0.243 e. The third-order valence-electron chi connectivity index (χ3n) is 7.09. The number of carbonyl (C=O) groups is 2. The minimum atomic E-state index is -0.625. The van der Waals surface area contributed by atoms with Crippen molar-refractivity contribution in [1.82, 2.24) is 10.2 Å². The summed E-state index contributed by atoms with van der Waals surface area (Å²) >= 11 is 7.68. The number of methoxy groups -OCH3 is 1. The summed E-state index contributed by atoms with van der Waals surface area (Å²) in [7, 11) is 1.63. The van der Waals surface area contributed by atoms with E-state index >= 15 is 0 Å². The predicted octanol–water partition coefficient (Wildman–Crippen LogP) is 6.67. The van der Waals surface area contributed by atoms with Gasteiger partial charge in [0, 0.05) is 29.8 Å². The lowest BCUT2D eigenvalue weighted by molar-refractivity contribution is -0.139. The first-order chi connectivity index (χ1) is 19.0. The summed E-state index contributed by atoms with van der Waals surface area (Å²) < 4.78 is 5.43. The first-order valence-corrected chi connectivity index (χ1v) is 15.1. The van der Waals surface area contributed by atoms with Crippen LogP contribution in [0.25, 0.3) is 0 Å². The van der Waals surface area contributed by atoms with Gasteiger partial charge in [0.25, 0.3) is 0 Å². The molecule has 3 aromatic carbocycles. The Kier molecular flexibility index (Phi) is 11.2. The second-order valence-electron chi connectivity index (χ2n) is 10.0. The first kappa shape index (κ1) is 29.0. The predicted molar refractivity (Wildman–Crippen MR) is 160 cm³/mol. The Morgan fingerprint density at radius 3 is 2.41 bits per heavy atom. The highest BCUT2D eigenvalue weighted by atomic mass is 35.5. The number of ether oxygens (including phenoxy) is 1. The molecule has 0 radical (unpaired) electrons. The number of rotatable bonds is 12. The summed E-state index contributed by atoms with van der Waals surface area (Å²) in [5.41, 5.74) is 3.01. The van der Waals surface area contributed by atoms with Gasteiger partial charge < -0.3 is 15.0 Å². The molecule has 0 unspecified atom stereocenters. The normalized spacial score (nSPS) is 14.4. The van der Waals surface area contributed by atoms with Crippen molar-refractivity contribution in [1.29, 1.82) is 0 Å². The quantitative estimate of drug-likeness (QED) is 0.267. The molecule has 0 saturated heterocycles. The second-order valence-corrected chi connectivity index (χ2v) is 11.5. The molecule has 1 N–H and O–H groups in total. The van der Waals surface area contributed by atoms with Crippen molar-refractivity contribution >= 4 is 35.2 Å². The highest BCUT2D eigenvalue weighted by molar-refractivity contribution is 7.99. The highest BCUT2D eigenvalue weighted by Gasteiger charge is 2.32. The lowest BCUT2D eigenvalue weighted by Gasteiger charge is -2.33. The number of nitrogens with zero attached hydrogens (tertiary/aromatic N) is 1. The standard InChI is InChI=1S/C32H37ClN2O3S/c1-38-29-17-9-12-25(19-29)21-35(31(36)23-39-22-26-13-8-14-27(33)18-26)30(20-24-10-4-2-5-11-24)32(37)34-28-15-6-3-7-16-28/h2,4-5,8-14,17-19,28,30H,3,6-7,15-16,20-23H2,1H3,(H,34,37)/t30-/m1/s1. The van der Waals surface area contributed by atoms with Gasteiger partial charge in [-0.1, -0.05) is 85.5 Å². The van der Waals surface area contributed by atoms with Crippen molar-refractivity contribution in [2.75, 3.05) is 12.9 Å². The van der Waals surface area contributed by atoms with E-state index in [1.54, 1.807) is 12.0 Å². The van der Waals surface area contributed by atoms with Crippen LogP contribution in [0.15, 0.2) is 78.9 Å².